The van der Waals surface area contributed by atoms with Crippen LogP contribution in [-0.4, -0.2) is 18.0 Å². The summed E-state index contributed by atoms with van der Waals surface area (Å²) in [5.41, 5.74) is 2.39. The van der Waals surface area contributed by atoms with E-state index in [-0.39, 0.29) is 0 Å². The predicted octanol–water partition coefficient (Wildman–Crippen LogP) is 3.78. The maximum absolute atomic E-state index is 4.19. The summed E-state index contributed by atoms with van der Waals surface area (Å²) >= 11 is 0. The van der Waals surface area contributed by atoms with E-state index in [9.17, 15) is 0 Å². The van der Waals surface area contributed by atoms with Crippen molar-refractivity contribution in [2.24, 2.45) is 0 Å². The molecule has 1 nitrogen and oxygen atoms in total. The van der Waals surface area contributed by atoms with Gasteiger partial charge in [0, 0.05) is 18.8 Å². The fourth-order valence-corrected chi connectivity index (χ4v) is 1.73. The van der Waals surface area contributed by atoms with Crippen LogP contribution >= 0.6 is 0 Å². The van der Waals surface area contributed by atoms with Crippen LogP contribution in [0.4, 0.5) is 0 Å². The van der Waals surface area contributed by atoms with Gasteiger partial charge in [-0.3, -0.25) is 0 Å². The standard InChI is InChI=1S/C14H21N/c1-4-11-15(12-5-2)13(3)14-9-7-6-8-10-14/h6-10H,3-5,11-12H2,1-2H3. The molecule has 1 rings (SSSR count). The highest BCUT2D eigenvalue weighted by molar-refractivity contribution is 5.61. The summed E-state index contributed by atoms with van der Waals surface area (Å²) in [4.78, 5) is 2.37. The van der Waals surface area contributed by atoms with E-state index in [1.165, 1.54) is 18.4 Å². The molecule has 0 radical (unpaired) electrons. The maximum Gasteiger partial charge on any atom is 0.0366 e. The second-order valence-corrected chi connectivity index (χ2v) is 3.80. The quantitative estimate of drug-likeness (QED) is 0.680. The first-order chi connectivity index (χ1) is 7.29. The Balaban J connectivity index is 2.71. The zero-order valence-electron chi connectivity index (χ0n) is 9.87. The van der Waals surface area contributed by atoms with Crippen LogP contribution in [0.15, 0.2) is 36.9 Å². The lowest BCUT2D eigenvalue weighted by Gasteiger charge is -2.26. The number of rotatable bonds is 6. The van der Waals surface area contributed by atoms with E-state index in [2.05, 4.69) is 49.6 Å². The molecule has 0 aromatic heterocycles. The van der Waals surface area contributed by atoms with Crippen molar-refractivity contribution in [3.8, 4) is 0 Å². The molecule has 82 valence electrons. The van der Waals surface area contributed by atoms with Crippen LogP contribution in [0, 0.1) is 0 Å². The first-order valence-corrected chi connectivity index (χ1v) is 5.78. The highest BCUT2D eigenvalue weighted by Gasteiger charge is 2.06. The van der Waals surface area contributed by atoms with Gasteiger partial charge in [0.2, 0.25) is 0 Å². The number of hydrogen-bond acceptors (Lipinski definition) is 1. The molecule has 0 N–H and O–H groups in total. The number of nitrogens with zero attached hydrogens (tertiary/aromatic N) is 1. The highest BCUT2D eigenvalue weighted by atomic mass is 15.1. The molecule has 0 bridgehead atoms. The summed E-state index contributed by atoms with van der Waals surface area (Å²) in [6, 6.07) is 10.4. The highest BCUT2D eigenvalue weighted by Crippen LogP contribution is 2.17. The molecule has 0 aliphatic rings. The Kier molecular flexibility index (Phi) is 4.96. The molecule has 0 unspecified atom stereocenters. The van der Waals surface area contributed by atoms with Crippen molar-refractivity contribution in [2.75, 3.05) is 13.1 Å². The molecule has 0 heterocycles. The Hall–Kier alpha value is -1.24. The molecule has 1 heteroatoms. The molecule has 1 aromatic rings. The minimum atomic E-state index is 1.10. The monoisotopic (exact) mass is 203 g/mol. The fourth-order valence-electron chi connectivity index (χ4n) is 1.73. The first kappa shape index (κ1) is 11.8. The fraction of sp³-hybridized carbons (Fsp3) is 0.429. The summed E-state index contributed by atoms with van der Waals surface area (Å²) in [6.07, 6.45) is 2.34. The molecule has 15 heavy (non-hydrogen) atoms. The van der Waals surface area contributed by atoms with Crippen molar-refractivity contribution < 1.29 is 0 Å². The summed E-state index contributed by atoms with van der Waals surface area (Å²) in [5, 5.41) is 0. The Morgan fingerprint density at radius 2 is 1.60 bits per heavy atom. The Bertz CT molecular complexity index is 283. The van der Waals surface area contributed by atoms with Crippen molar-refractivity contribution >= 4 is 5.70 Å². The molecular weight excluding hydrogens is 182 g/mol. The Morgan fingerprint density at radius 3 is 2.07 bits per heavy atom. The molecule has 0 saturated carbocycles. The van der Waals surface area contributed by atoms with Gasteiger partial charge in [-0.15, -0.1) is 0 Å². The molecule has 0 spiro atoms. The SMILES string of the molecule is C=C(c1ccccc1)N(CCC)CCC. The lowest BCUT2D eigenvalue weighted by atomic mass is 10.1. The molecule has 0 aliphatic carbocycles. The Labute approximate surface area is 93.4 Å². The molecule has 0 fully saturated rings. The van der Waals surface area contributed by atoms with E-state index in [1.807, 2.05) is 6.07 Å². The van der Waals surface area contributed by atoms with Crippen LogP contribution in [-0.2, 0) is 0 Å². The van der Waals surface area contributed by atoms with E-state index in [4.69, 9.17) is 0 Å². The zero-order valence-corrected chi connectivity index (χ0v) is 9.87. The lowest BCUT2D eigenvalue weighted by Crippen LogP contribution is -2.23. The largest absolute Gasteiger partial charge is 0.372 e. The van der Waals surface area contributed by atoms with E-state index in [1.54, 1.807) is 0 Å². The molecule has 0 amide bonds. The van der Waals surface area contributed by atoms with Crippen LogP contribution in [0.5, 0.6) is 0 Å². The zero-order chi connectivity index (χ0) is 11.1. The molecule has 1 aromatic carbocycles. The summed E-state index contributed by atoms with van der Waals surface area (Å²) in [6.45, 7) is 10.8. The van der Waals surface area contributed by atoms with Gasteiger partial charge in [0.1, 0.15) is 0 Å². The summed E-state index contributed by atoms with van der Waals surface area (Å²) < 4.78 is 0. The first-order valence-electron chi connectivity index (χ1n) is 5.78. The van der Waals surface area contributed by atoms with Crippen LogP contribution in [0.1, 0.15) is 32.3 Å². The third-order valence-electron chi connectivity index (χ3n) is 2.48. The van der Waals surface area contributed by atoms with E-state index < -0.39 is 0 Å². The average molecular weight is 203 g/mol. The predicted molar refractivity (Wildman–Crippen MR) is 67.6 cm³/mol. The Morgan fingerprint density at radius 1 is 1.07 bits per heavy atom. The van der Waals surface area contributed by atoms with Gasteiger partial charge in [-0.25, -0.2) is 0 Å². The van der Waals surface area contributed by atoms with Crippen molar-refractivity contribution in [3.05, 3.63) is 42.5 Å². The van der Waals surface area contributed by atoms with E-state index >= 15 is 0 Å². The van der Waals surface area contributed by atoms with Gasteiger partial charge in [-0.1, -0.05) is 50.8 Å². The third kappa shape index (κ3) is 3.43. The van der Waals surface area contributed by atoms with E-state index in [0.29, 0.717) is 0 Å². The number of hydrogen-bond donors (Lipinski definition) is 0. The number of benzene rings is 1. The van der Waals surface area contributed by atoms with Crippen molar-refractivity contribution in [2.45, 2.75) is 26.7 Å². The minimum Gasteiger partial charge on any atom is -0.372 e. The van der Waals surface area contributed by atoms with Crippen LogP contribution in [0.3, 0.4) is 0 Å². The second kappa shape index (κ2) is 6.28. The average Bonchev–Trinajstić information content (AvgIpc) is 2.29. The minimum absolute atomic E-state index is 1.10. The lowest BCUT2D eigenvalue weighted by molar-refractivity contribution is 0.397. The van der Waals surface area contributed by atoms with Gasteiger partial charge >= 0.3 is 0 Å². The smallest absolute Gasteiger partial charge is 0.0366 e. The van der Waals surface area contributed by atoms with Gasteiger partial charge in [-0.05, 0) is 18.4 Å². The molecule has 0 atom stereocenters. The van der Waals surface area contributed by atoms with Crippen LogP contribution < -0.4 is 0 Å². The van der Waals surface area contributed by atoms with E-state index in [0.717, 1.165) is 18.8 Å². The summed E-state index contributed by atoms with van der Waals surface area (Å²) in [5.74, 6) is 0. The van der Waals surface area contributed by atoms with Crippen molar-refractivity contribution in [1.82, 2.24) is 4.90 Å². The van der Waals surface area contributed by atoms with Gasteiger partial charge < -0.3 is 4.90 Å². The van der Waals surface area contributed by atoms with Crippen LogP contribution in [0.2, 0.25) is 0 Å². The third-order valence-corrected chi connectivity index (χ3v) is 2.48. The van der Waals surface area contributed by atoms with Gasteiger partial charge in [0.25, 0.3) is 0 Å². The van der Waals surface area contributed by atoms with Crippen LogP contribution in [0.25, 0.3) is 5.70 Å². The molecular formula is C14H21N. The normalized spacial score (nSPS) is 10.0. The van der Waals surface area contributed by atoms with Gasteiger partial charge in [0.05, 0.1) is 0 Å². The van der Waals surface area contributed by atoms with Crippen molar-refractivity contribution in [1.29, 1.82) is 0 Å². The van der Waals surface area contributed by atoms with Crippen molar-refractivity contribution in [3.63, 3.8) is 0 Å². The molecule has 0 saturated heterocycles. The summed E-state index contributed by atoms with van der Waals surface area (Å²) in [7, 11) is 0. The molecule has 0 aliphatic heterocycles. The topological polar surface area (TPSA) is 3.24 Å². The van der Waals surface area contributed by atoms with Gasteiger partial charge in [0.15, 0.2) is 0 Å². The maximum atomic E-state index is 4.19. The van der Waals surface area contributed by atoms with Gasteiger partial charge in [-0.2, -0.15) is 0 Å². The second-order valence-electron chi connectivity index (χ2n) is 3.80.